The Balaban J connectivity index is 1.67. The maximum atomic E-state index is 12.4. The molecule has 1 aromatic carbocycles. The molecule has 124 valence electrons. The molecule has 0 bridgehead atoms. The minimum Gasteiger partial charge on any atom is -0.429 e. The van der Waals surface area contributed by atoms with E-state index in [1.165, 1.54) is 0 Å². The van der Waals surface area contributed by atoms with Crippen LogP contribution in [0.25, 0.3) is 11.1 Å². The lowest BCUT2D eigenvalue weighted by Gasteiger charge is -2.31. The van der Waals surface area contributed by atoms with Gasteiger partial charge in [0.25, 0.3) is 10.7 Å². The van der Waals surface area contributed by atoms with E-state index < -0.39 is 0 Å². The summed E-state index contributed by atoms with van der Waals surface area (Å²) in [4.78, 5) is 15.6. The number of ether oxygens (including phenoxy) is 1. The maximum Gasteiger partial charge on any atom is 0.266 e. The predicted octanol–water partition coefficient (Wildman–Crippen LogP) is 3.67. The SMILES string of the molecule is CC(C)(C)[C@@H]1OCC[C@H]1CNC(=O)c1ccc2[nH]c(=S)oc2c1. The zero-order valence-electron chi connectivity index (χ0n) is 13.6. The highest BCUT2D eigenvalue weighted by Crippen LogP contribution is 2.34. The van der Waals surface area contributed by atoms with E-state index in [9.17, 15) is 4.79 Å². The second-order valence-electron chi connectivity index (χ2n) is 7.14. The molecule has 1 aliphatic rings. The Bertz CT molecular complexity index is 772. The van der Waals surface area contributed by atoms with E-state index in [0.717, 1.165) is 18.5 Å². The summed E-state index contributed by atoms with van der Waals surface area (Å²) in [5.74, 6) is 0.243. The summed E-state index contributed by atoms with van der Waals surface area (Å²) in [6, 6.07) is 5.29. The minimum absolute atomic E-state index is 0.0780. The number of benzene rings is 1. The number of H-pyrrole nitrogens is 1. The minimum atomic E-state index is -0.103. The molecule has 3 rings (SSSR count). The monoisotopic (exact) mass is 334 g/mol. The molecule has 5 nitrogen and oxygen atoms in total. The second-order valence-corrected chi connectivity index (χ2v) is 7.51. The molecule has 1 saturated heterocycles. The van der Waals surface area contributed by atoms with Gasteiger partial charge in [-0.25, -0.2) is 0 Å². The van der Waals surface area contributed by atoms with Gasteiger partial charge in [0.2, 0.25) is 0 Å². The molecule has 2 heterocycles. The first-order chi connectivity index (χ1) is 10.8. The van der Waals surface area contributed by atoms with Crippen LogP contribution in [0, 0.1) is 16.2 Å². The fourth-order valence-electron chi connectivity index (χ4n) is 3.21. The first-order valence-electron chi connectivity index (χ1n) is 7.87. The number of rotatable bonds is 3. The zero-order valence-corrected chi connectivity index (χ0v) is 14.5. The summed E-state index contributed by atoms with van der Waals surface area (Å²) in [6.07, 6.45) is 1.15. The van der Waals surface area contributed by atoms with Gasteiger partial charge in [0, 0.05) is 24.6 Å². The van der Waals surface area contributed by atoms with Crippen molar-refractivity contribution in [2.75, 3.05) is 13.2 Å². The topological polar surface area (TPSA) is 67.3 Å². The lowest BCUT2D eigenvalue weighted by molar-refractivity contribution is 0.00737. The summed E-state index contributed by atoms with van der Waals surface area (Å²) in [7, 11) is 0. The van der Waals surface area contributed by atoms with Crippen LogP contribution in [0.4, 0.5) is 0 Å². The second kappa shape index (κ2) is 6.09. The summed E-state index contributed by atoms with van der Waals surface area (Å²) in [5.41, 5.74) is 2.04. The molecule has 2 atom stereocenters. The molecule has 1 fully saturated rings. The van der Waals surface area contributed by atoms with E-state index in [0.29, 0.717) is 28.4 Å². The highest BCUT2D eigenvalue weighted by atomic mass is 32.1. The molecule has 6 heteroatoms. The standard InChI is InChI=1S/C17H22N2O3S/c1-17(2,3)14-11(6-7-21-14)9-18-15(20)10-4-5-12-13(8-10)22-16(23)19-12/h4-5,8,11,14H,6-7,9H2,1-3H3,(H,18,20)(H,19,23)/t11-,14+/m0/s1. The number of hydrogen-bond donors (Lipinski definition) is 2. The Labute approximate surface area is 140 Å². The largest absolute Gasteiger partial charge is 0.429 e. The van der Waals surface area contributed by atoms with Crippen molar-refractivity contribution >= 4 is 29.2 Å². The van der Waals surface area contributed by atoms with Crippen molar-refractivity contribution in [1.82, 2.24) is 10.3 Å². The summed E-state index contributed by atoms with van der Waals surface area (Å²) in [6.45, 7) is 7.90. The number of amides is 1. The van der Waals surface area contributed by atoms with Crippen molar-refractivity contribution in [2.24, 2.45) is 11.3 Å². The Kier molecular flexibility index (Phi) is 4.29. The molecule has 1 amide bonds. The van der Waals surface area contributed by atoms with Crippen molar-refractivity contribution in [3.8, 4) is 0 Å². The van der Waals surface area contributed by atoms with Crippen molar-refractivity contribution in [3.63, 3.8) is 0 Å². The number of fused-ring (bicyclic) bond motifs is 1. The van der Waals surface area contributed by atoms with Gasteiger partial charge in [-0.15, -0.1) is 0 Å². The fourth-order valence-corrected chi connectivity index (χ4v) is 3.41. The number of carbonyl (C=O) groups is 1. The molecule has 23 heavy (non-hydrogen) atoms. The van der Waals surface area contributed by atoms with Crippen molar-refractivity contribution in [2.45, 2.75) is 33.3 Å². The van der Waals surface area contributed by atoms with Gasteiger partial charge in [0.1, 0.15) is 0 Å². The summed E-state index contributed by atoms with van der Waals surface area (Å²) < 4.78 is 11.2. The zero-order chi connectivity index (χ0) is 16.6. The maximum absolute atomic E-state index is 12.4. The van der Waals surface area contributed by atoms with E-state index >= 15 is 0 Å². The molecule has 0 unspecified atom stereocenters. The molecule has 0 aliphatic carbocycles. The van der Waals surface area contributed by atoms with Crippen LogP contribution in [-0.2, 0) is 4.74 Å². The van der Waals surface area contributed by atoms with E-state index in [-0.39, 0.29) is 17.4 Å². The Morgan fingerprint density at radius 2 is 2.22 bits per heavy atom. The number of carbonyl (C=O) groups excluding carboxylic acids is 1. The van der Waals surface area contributed by atoms with Gasteiger partial charge in [-0.1, -0.05) is 20.8 Å². The molecule has 0 saturated carbocycles. The Hall–Kier alpha value is -1.66. The van der Waals surface area contributed by atoms with Crippen molar-refractivity contribution in [1.29, 1.82) is 0 Å². The number of hydrogen-bond acceptors (Lipinski definition) is 4. The lowest BCUT2D eigenvalue weighted by atomic mass is 9.81. The number of aromatic nitrogens is 1. The van der Waals surface area contributed by atoms with Gasteiger partial charge in [-0.2, -0.15) is 0 Å². The predicted molar refractivity (Wildman–Crippen MR) is 91.0 cm³/mol. The molecule has 0 radical (unpaired) electrons. The average Bonchev–Trinajstić information content (AvgIpc) is 3.08. The van der Waals surface area contributed by atoms with Crippen molar-refractivity contribution < 1.29 is 13.9 Å². The van der Waals surface area contributed by atoms with Gasteiger partial charge < -0.3 is 19.5 Å². The van der Waals surface area contributed by atoms with Gasteiger partial charge in [0.05, 0.1) is 11.6 Å². The third-order valence-corrected chi connectivity index (χ3v) is 4.46. The van der Waals surface area contributed by atoms with Crippen LogP contribution in [0.1, 0.15) is 37.6 Å². The molecular weight excluding hydrogens is 312 g/mol. The molecule has 1 aliphatic heterocycles. The first kappa shape index (κ1) is 16.2. The molecule has 1 aromatic heterocycles. The smallest absolute Gasteiger partial charge is 0.266 e. The fraction of sp³-hybridized carbons (Fsp3) is 0.529. The number of aromatic amines is 1. The van der Waals surface area contributed by atoms with Crippen LogP contribution in [-0.4, -0.2) is 30.1 Å². The van der Waals surface area contributed by atoms with Gasteiger partial charge in [-0.3, -0.25) is 4.79 Å². The molecular formula is C17H22N2O3S. The Morgan fingerprint density at radius 1 is 1.43 bits per heavy atom. The van der Waals surface area contributed by atoms with E-state index in [2.05, 4.69) is 31.1 Å². The lowest BCUT2D eigenvalue weighted by Crippen LogP contribution is -2.38. The summed E-state index contributed by atoms with van der Waals surface area (Å²) in [5, 5.41) is 3.02. The molecule has 0 spiro atoms. The van der Waals surface area contributed by atoms with Crippen LogP contribution in [0.5, 0.6) is 0 Å². The number of nitrogens with one attached hydrogen (secondary N) is 2. The van der Waals surface area contributed by atoms with Crippen LogP contribution in [0.2, 0.25) is 0 Å². The third kappa shape index (κ3) is 3.48. The highest BCUT2D eigenvalue weighted by Gasteiger charge is 2.37. The van der Waals surface area contributed by atoms with Gasteiger partial charge >= 0.3 is 0 Å². The van der Waals surface area contributed by atoms with E-state index in [4.69, 9.17) is 21.4 Å². The first-order valence-corrected chi connectivity index (χ1v) is 8.28. The van der Waals surface area contributed by atoms with Crippen LogP contribution >= 0.6 is 12.2 Å². The van der Waals surface area contributed by atoms with Gasteiger partial charge in [0.15, 0.2) is 5.58 Å². The van der Waals surface area contributed by atoms with Crippen molar-refractivity contribution in [3.05, 3.63) is 28.6 Å². The van der Waals surface area contributed by atoms with E-state index in [1.807, 2.05) is 0 Å². The molecule has 2 N–H and O–H groups in total. The van der Waals surface area contributed by atoms with Gasteiger partial charge in [-0.05, 0) is 42.3 Å². The third-order valence-electron chi connectivity index (χ3n) is 4.28. The van der Waals surface area contributed by atoms with Crippen LogP contribution in [0.3, 0.4) is 0 Å². The summed E-state index contributed by atoms with van der Waals surface area (Å²) >= 11 is 4.96. The normalized spacial score (nSPS) is 21.7. The highest BCUT2D eigenvalue weighted by molar-refractivity contribution is 7.71. The molecule has 2 aromatic rings. The van der Waals surface area contributed by atoms with Crippen LogP contribution < -0.4 is 5.32 Å². The Morgan fingerprint density at radius 3 is 2.96 bits per heavy atom. The number of oxazole rings is 1. The van der Waals surface area contributed by atoms with Crippen LogP contribution in [0.15, 0.2) is 22.6 Å². The quantitative estimate of drug-likeness (QED) is 0.841. The van der Waals surface area contributed by atoms with E-state index in [1.54, 1.807) is 18.2 Å². The average molecular weight is 334 g/mol.